The normalized spacial score (nSPS) is 28.0. The van der Waals surface area contributed by atoms with E-state index in [9.17, 15) is 4.79 Å². The lowest BCUT2D eigenvalue weighted by Gasteiger charge is -2.20. The number of hydrogen-bond donors (Lipinski definition) is 0. The predicted octanol–water partition coefficient (Wildman–Crippen LogP) is 2.32. The first-order chi connectivity index (χ1) is 6.46. The zero-order chi connectivity index (χ0) is 10.8. The molecule has 0 bridgehead atoms. The first-order valence-electron chi connectivity index (χ1n) is 4.31. The molecule has 0 saturated carbocycles. The van der Waals surface area contributed by atoms with E-state index in [0.29, 0.717) is 19.6 Å². The van der Waals surface area contributed by atoms with Gasteiger partial charge in [-0.2, -0.15) is 0 Å². The van der Waals surface area contributed by atoms with E-state index in [4.69, 9.17) is 44.3 Å². The maximum absolute atomic E-state index is 11.6. The summed E-state index contributed by atoms with van der Waals surface area (Å²) < 4.78 is 8.53. The predicted molar refractivity (Wildman–Crippen MR) is 54.8 cm³/mol. The van der Waals surface area contributed by atoms with Gasteiger partial charge >= 0.3 is 0 Å². The third-order valence-electron chi connectivity index (χ3n) is 1.99. The van der Waals surface area contributed by atoms with Crippen molar-refractivity contribution in [2.75, 3.05) is 13.2 Å². The van der Waals surface area contributed by atoms with Gasteiger partial charge in [0.05, 0.1) is 12.5 Å². The van der Waals surface area contributed by atoms with Crippen LogP contribution in [0.4, 0.5) is 0 Å². The fraction of sp³-hybridized carbons (Fsp3) is 0.875. The van der Waals surface area contributed by atoms with Crippen molar-refractivity contribution in [2.24, 2.45) is 5.92 Å². The summed E-state index contributed by atoms with van der Waals surface area (Å²) in [6, 6.07) is 0. The Morgan fingerprint density at radius 2 is 2.21 bits per heavy atom. The van der Waals surface area contributed by atoms with Gasteiger partial charge in [-0.15, -0.1) is 0 Å². The molecule has 0 spiro atoms. The van der Waals surface area contributed by atoms with Crippen molar-refractivity contribution in [2.45, 2.75) is 23.4 Å². The van der Waals surface area contributed by atoms with Crippen LogP contribution in [-0.4, -0.2) is 29.1 Å². The van der Waals surface area contributed by atoms with Gasteiger partial charge in [-0.25, -0.2) is 0 Å². The van der Waals surface area contributed by atoms with Gasteiger partial charge in [0.1, 0.15) is 0 Å². The number of halogens is 3. The molecule has 0 aromatic heterocycles. The highest BCUT2D eigenvalue weighted by Gasteiger charge is 2.43. The van der Waals surface area contributed by atoms with E-state index >= 15 is 0 Å². The Balaban J connectivity index is 2.62. The van der Waals surface area contributed by atoms with Crippen LogP contribution < -0.4 is 0 Å². The topological polar surface area (TPSA) is 35.5 Å². The number of alkyl halides is 3. The van der Waals surface area contributed by atoms with Gasteiger partial charge in [0, 0.05) is 6.61 Å². The molecule has 1 heterocycles. The van der Waals surface area contributed by atoms with Gasteiger partial charge in [-0.3, -0.25) is 4.79 Å². The molecule has 0 N–H and O–H groups in total. The number of ketones is 1. The van der Waals surface area contributed by atoms with Gasteiger partial charge in [0.2, 0.25) is 3.79 Å². The van der Waals surface area contributed by atoms with Crippen LogP contribution in [0.3, 0.4) is 0 Å². The summed E-state index contributed by atoms with van der Waals surface area (Å²) in [5, 5.41) is 0. The van der Waals surface area contributed by atoms with Gasteiger partial charge in [0.15, 0.2) is 12.1 Å². The molecular weight excluding hydrogens is 250 g/mol. The van der Waals surface area contributed by atoms with E-state index in [0.717, 1.165) is 0 Å². The van der Waals surface area contributed by atoms with E-state index in [1.54, 1.807) is 0 Å². The molecule has 82 valence electrons. The third kappa shape index (κ3) is 2.97. The SMILES string of the molecule is CCOC1OCCC1C(=O)C(Cl)(Cl)Cl. The van der Waals surface area contributed by atoms with Crippen LogP contribution in [0.15, 0.2) is 0 Å². The number of rotatable bonds is 3. The molecule has 1 fully saturated rings. The van der Waals surface area contributed by atoms with E-state index in [2.05, 4.69) is 0 Å². The van der Waals surface area contributed by atoms with Crippen LogP contribution in [0.1, 0.15) is 13.3 Å². The Bertz CT molecular complexity index is 214. The summed E-state index contributed by atoms with van der Waals surface area (Å²) in [5.41, 5.74) is 0. The Morgan fingerprint density at radius 3 is 2.71 bits per heavy atom. The summed E-state index contributed by atoms with van der Waals surface area (Å²) >= 11 is 16.5. The van der Waals surface area contributed by atoms with Gasteiger partial charge < -0.3 is 9.47 Å². The Labute approximate surface area is 97.6 Å². The van der Waals surface area contributed by atoms with Crippen molar-refractivity contribution >= 4 is 40.6 Å². The lowest BCUT2D eigenvalue weighted by Crippen LogP contribution is -2.34. The standard InChI is InChI=1S/C8H11Cl3O3/c1-2-13-7-5(3-4-14-7)6(12)8(9,10)11/h5,7H,2-4H2,1H3. The Hall–Kier alpha value is 0.460. The van der Waals surface area contributed by atoms with Crippen LogP contribution in [0, 0.1) is 5.92 Å². The highest BCUT2D eigenvalue weighted by molar-refractivity contribution is 6.76. The quantitative estimate of drug-likeness (QED) is 0.732. The van der Waals surface area contributed by atoms with Crippen LogP contribution in [0.25, 0.3) is 0 Å². The molecule has 0 aliphatic carbocycles. The fourth-order valence-electron chi connectivity index (χ4n) is 1.36. The number of carbonyl (C=O) groups excluding carboxylic acids is 1. The third-order valence-corrected chi connectivity index (χ3v) is 2.55. The van der Waals surface area contributed by atoms with E-state index < -0.39 is 21.8 Å². The monoisotopic (exact) mass is 260 g/mol. The second-order valence-corrected chi connectivity index (χ2v) is 5.23. The highest BCUT2D eigenvalue weighted by Crippen LogP contribution is 2.35. The molecule has 0 radical (unpaired) electrons. The molecule has 3 nitrogen and oxygen atoms in total. The van der Waals surface area contributed by atoms with Crippen LogP contribution in [0.2, 0.25) is 0 Å². The molecule has 6 heteroatoms. The van der Waals surface area contributed by atoms with Crippen LogP contribution >= 0.6 is 34.8 Å². The molecule has 1 saturated heterocycles. The average molecular weight is 262 g/mol. The summed E-state index contributed by atoms with van der Waals surface area (Å²) in [4.78, 5) is 11.6. The number of hydrogen-bond acceptors (Lipinski definition) is 3. The van der Waals surface area contributed by atoms with Crippen molar-refractivity contribution in [3.63, 3.8) is 0 Å². The van der Waals surface area contributed by atoms with Crippen LogP contribution in [-0.2, 0) is 14.3 Å². The molecule has 0 aromatic rings. The molecule has 2 unspecified atom stereocenters. The van der Waals surface area contributed by atoms with E-state index in [1.165, 1.54) is 0 Å². The summed E-state index contributed by atoms with van der Waals surface area (Å²) in [6.07, 6.45) is -0.0275. The number of Topliss-reactive ketones (excluding diaryl/α,β-unsaturated/α-hetero) is 1. The smallest absolute Gasteiger partial charge is 0.249 e. The highest BCUT2D eigenvalue weighted by atomic mass is 35.6. The van der Waals surface area contributed by atoms with E-state index in [1.807, 2.05) is 6.92 Å². The summed E-state index contributed by atoms with van der Waals surface area (Å²) in [7, 11) is 0. The maximum atomic E-state index is 11.6. The second kappa shape index (κ2) is 4.99. The summed E-state index contributed by atoms with van der Waals surface area (Å²) in [5.74, 6) is -0.930. The van der Waals surface area contributed by atoms with E-state index in [-0.39, 0.29) is 0 Å². The lowest BCUT2D eigenvalue weighted by atomic mass is 10.0. The maximum Gasteiger partial charge on any atom is 0.249 e. The zero-order valence-electron chi connectivity index (χ0n) is 7.63. The summed E-state index contributed by atoms with van der Waals surface area (Å²) in [6.45, 7) is 2.74. The molecular formula is C8H11Cl3O3. The minimum atomic E-state index is -1.88. The molecule has 1 aliphatic heterocycles. The lowest BCUT2D eigenvalue weighted by molar-refractivity contribution is -0.147. The van der Waals surface area contributed by atoms with Gasteiger partial charge in [-0.1, -0.05) is 34.8 Å². The largest absolute Gasteiger partial charge is 0.352 e. The Morgan fingerprint density at radius 1 is 1.57 bits per heavy atom. The molecule has 2 atom stereocenters. The number of carbonyl (C=O) groups is 1. The van der Waals surface area contributed by atoms with Crippen molar-refractivity contribution in [3.8, 4) is 0 Å². The molecule has 0 amide bonds. The first-order valence-corrected chi connectivity index (χ1v) is 5.44. The zero-order valence-corrected chi connectivity index (χ0v) is 9.90. The Kier molecular flexibility index (Phi) is 4.47. The minimum Gasteiger partial charge on any atom is -0.352 e. The average Bonchev–Trinajstić information content (AvgIpc) is 2.50. The first kappa shape index (κ1) is 12.5. The van der Waals surface area contributed by atoms with Crippen molar-refractivity contribution in [1.82, 2.24) is 0 Å². The van der Waals surface area contributed by atoms with Crippen molar-refractivity contribution in [3.05, 3.63) is 0 Å². The van der Waals surface area contributed by atoms with Crippen LogP contribution in [0.5, 0.6) is 0 Å². The minimum absolute atomic E-state index is 0.460. The van der Waals surface area contributed by atoms with Crippen molar-refractivity contribution < 1.29 is 14.3 Å². The molecule has 14 heavy (non-hydrogen) atoms. The van der Waals surface area contributed by atoms with Gasteiger partial charge in [0.25, 0.3) is 0 Å². The van der Waals surface area contributed by atoms with Gasteiger partial charge in [-0.05, 0) is 13.3 Å². The molecule has 0 aromatic carbocycles. The molecule has 1 aliphatic rings. The number of ether oxygens (including phenoxy) is 2. The second-order valence-electron chi connectivity index (χ2n) is 2.95. The molecule has 1 rings (SSSR count). The van der Waals surface area contributed by atoms with Crippen molar-refractivity contribution in [1.29, 1.82) is 0 Å². The fourth-order valence-corrected chi connectivity index (χ4v) is 1.78.